The standard InChI is InChI=1S/C13H13NO2/c1-14-12(15)10-7-6-8-4-2-3-5-9(8)11(10)13(14)16/h2-5,10-11H,6-7H2,1H3. The van der Waals surface area contributed by atoms with Crippen LogP contribution in [0.1, 0.15) is 23.5 Å². The molecule has 1 aromatic carbocycles. The van der Waals surface area contributed by atoms with Crippen molar-refractivity contribution in [3.8, 4) is 0 Å². The Balaban J connectivity index is 2.13. The third kappa shape index (κ3) is 1.08. The molecule has 1 aliphatic heterocycles. The van der Waals surface area contributed by atoms with Crippen LogP contribution in [0.3, 0.4) is 0 Å². The minimum Gasteiger partial charge on any atom is -0.285 e. The highest BCUT2D eigenvalue weighted by Crippen LogP contribution is 2.42. The van der Waals surface area contributed by atoms with E-state index in [2.05, 4.69) is 6.07 Å². The Morgan fingerprint density at radius 1 is 1.19 bits per heavy atom. The van der Waals surface area contributed by atoms with E-state index in [9.17, 15) is 9.59 Å². The molecule has 0 radical (unpaired) electrons. The second kappa shape index (κ2) is 3.17. The molecule has 2 aliphatic rings. The molecule has 0 bridgehead atoms. The largest absolute Gasteiger partial charge is 0.285 e. The lowest BCUT2D eigenvalue weighted by Gasteiger charge is -2.24. The number of rotatable bonds is 0. The summed E-state index contributed by atoms with van der Waals surface area (Å²) < 4.78 is 0. The molecule has 0 aromatic heterocycles. The highest BCUT2D eigenvalue weighted by atomic mass is 16.2. The SMILES string of the molecule is CN1C(=O)C2CCc3ccccc3C2C1=O. The van der Waals surface area contributed by atoms with Crippen LogP contribution in [0.5, 0.6) is 0 Å². The van der Waals surface area contributed by atoms with Gasteiger partial charge in [0.25, 0.3) is 0 Å². The Labute approximate surface area is 94.1 Å². The van der Waals surface area contributed by atoms with Crippen LogP contribution in [0, 0.1) is 5.92 Å². The molecular weight excluding hydrogens is 202 g/mol. The average molecular weight is 215 g/mol. The van der Waals surface area contributed by atoms with Gasteiger partial charge in [-0.2, -0.15) is 0 Å². The lowest BCUT2D eigenvalue weighted by molar-refractivity contribution is -0.137. The number of hydrogen-bond donors (Lipinski definition) is 0. The maximum Gasteiger partial charge on any atom is 0.237 e. The summed E-state index contributed by atoms with van der Waals surface area (Å²) in [5.74, 6) is -0.387. The van der Waals surface area contributed by atoms with E-state index in [1.54, 1.807) is 7.05 Å². The summed E-state index contributed by atoms with van der Waals surface area (Å²) in [6.07, 6.45) is 1.71. The number of likely N-dealkylation sites (tertiary alicyclic amines) is 1. The van der Waals surface area contributed by atoms with Crippen LogP contribution < -0.4 is 0 Å². The zero-order valence-corrected chi connectivity index (χ0v) is 9.14. The molecule has 3 heteroatoms. The van der Waals surface area contributed by atoms with Gasteiger partial charge in [-0.1, -0.05) is 24.3 Å². The molecule has 1 fully saturated rings. The van der Waals surface area contributed by atoms with Gasteiger partial charge in [0.2, 0.25) is 11.8 Å². The van der Waals surface area contributed by atoms with Gasteiger partial charge < -0.3 is 0 Å². The number of likely N-dealkylation sites (N-methyl/N-ethyl adjacent to an activating group) is 1. The summed E-state index contributed by atoms with van der Waals surface area (Å²) in [6, 6.07) is 7.97. The Hall–Kier alpha value is -1.64. The van der Waals surface area contributed by atoms with E-state index in [-0.39, 0.29) is 23.7 Å². The van der Waals surface area contributed by atoms with Gasteiger partial charge in [0.15, 0.2) is 0 Å². The normalized spacial score (nSPS) is 27.9. The first-order valence-corrected chi connectivity index (χ1v) is 5.59. The lowest BCUT2D eigenvalue weighted by Crippen LogP contribution is -2.25. The highest BCUT2D eigenvalue weighted by Gasteiger charge is 2.48. The van der Waals surface area contributed by atoms with Crippen LogP contribution in [-0.2, 0) is 16.0 Å². The molecule has 2 unspecified atom stereocenters. The molecule has 0 spiro atoms. The first-order chi connectivity index (χ1) is 7.70. The number of fused-ring (bicyclic) bond motifs is 3. The fourth-order valence-electron chi connectivity index (χ4n) is 2.90. The van der Waals surface area contributed by atoms with E-state index in [0.717, 1.165) is 18.4 Å². The molecule has 1 aliphatic carbocycles. The van der Waals surface area contributed by atoms with E-state index < -0.39 is 0 Å². The zero-order chi connectivity index (χ0) is 11.3. The van der Waals surface area contributed by atoms with Crippen molar-refractivity contribution in [2.45, 2.75) is 18.8 Å². The number of nitrogens with zero attached hydrogens (tertiary/aromatic N) is 1. The predicted octanol–water partition coefficient (Wildman–Crippen LogP) is 1.33. The summed E-state index contributed by atoms with van der Waals surface area (Å²) in [7, 11) is 1.59. The fraction of sp³-hybridized carbons (Fsp3) is 0.385. The zero-order valence-electron chi connectivity index (χ0n) is 9.14. The van der Waals surface area contributed by atoms with E-state index in [1.165, 1.54) is 10.5 Å². The molecular formula is C13H13NO2. The molecule has 1 saturated heterocycles. The Kier molecular flexibility index (Phi) is 1.90. The van der Waals surface area contributed by atoms with Crippen molar-refractivity contribution < 1.29 is 9.59 Å². The third-order valence-corrected chi connectivity index (χ3v) is 3.76. The van der Waals surface area contributed by atoms with Crippen molar-refractivity contribution in [1.29, 1.82) is 0 Å². The van der Waals surface area contributed by atoms with Gasteiger partial charge in [-0.05, 0) is 24.0 Å². The van der Waals surface area contributed by atoms with Gasteiger partial charge in [0.05, 0.1) is 11.8 Å². The third-order valence-electron chi connectivity index (χ3n) is 3.76. The molecule has 2 amide bonds. The van der Waals surface area contributed by atoms with Crippen LogP contribution in [0.2, 0.25) is 0 Å². The van der Waals surface area contributed by atoms with Gasteiger partial charge in [-0.3, -0.25) is 14.5 Å². The summed E-state index contributed by atoms with van der Waals surface area (Å²) in [5.41, 5.74) is 2.28. The van der Waals surface area contributed by atoms with Crippen LogP contribution in [0.15, 0.2) is 24.3 Å². The fourth-order valence-corrected chi connectivity index (χ4v) is 2.90. The molecule has 0 saturated carbocycles. The Morgan fingerprint density at radius 2 is 1.94 bits per heavy atom. The second-order valence-electron chi connectivity index (χ2n) is 4.56. The Morgan fingerprint density at radius 3 is 2.75 bits per heavy atom. The minimum absolute atomic E-state index is 0.00972. The van der Waals surface area contributed by atoms with Gasteiger partial charge in [-0.25, -0.2) is 0 Å². The van der Waals surface area contributed by atoms with Crippen LogP contribution in [0.25, 0.3) is 0 Å². The first-order valence-electron chi connectivity index (χ1n) is 5.59. The molecule has 1 heterocycles. The number of carbonyl (C=O) groups excluding carboxylic acids is 2. The van der Waals surface area contributed by atoms with Crippen LogP contribution in [0.4, 0.5) is 0 Å². The second-order valence-corrected chi connectivity index (χ2v) is 4.56. The molecule has 3 rings (SSSR count). The van der Waals surface area contributed by atoms with Gasteiger partial charge >= 0.3 is 0 Å². The van der Waals surface area contributed by atoms with E-state index in [1.807, 2.05) is 18.2 Å². The van der Waals surface area contributed by atoms with Crippen molar-refractivity contribution in [3.05, 3.63) is 35.4 Å². The highest BCUT2D eigenvalue weighted by molar-refractivity contribution is 6.07. The van der Waals surface area contributed by atoms with Gasteiger partial charge in [0, 0.05) is 7.05 Å². The number of amides is 2. The maximum absolute atomic E-state index is 12.0. The quantitative estimate of drug-likeness (QED) is 0.612. The van der Waals surface area contributed by atoms with Crippen LogP contribution >= 0.6 is 0 Å². The first kappa shape index (κ1) is 9.58. The summed E-state index contributed by atoms with van der Waals surface area (Å²) in [6.45, 7) is 0. The maximum atomic E-state index is 12.0. The Bertz CT molecular complexity index is 481. The molecule has 0 N–H and O–H groups in total. The summed E-state index contributed by atoms with van der Waals surface area (Å²) >= 11 is 0. The average Bonchev–Trinajstić information content (AvgIpc) is 2.55. The summed E-state index contributed by atoms with van der Waals surface area (Å²) in [5, 5.41) is 0. The molecule has 2 atom stereocenters. The van der Waals surface area contributed by atoms with Crippen molar-refractivity contribution in [3.63, 3.8) is 0 Å². The smallest absolute Gasteiger partial charge is 0.237 e. The minimum atomic E-state index is -0.220. The molecule has 16 heavy (non-hydrogen) atoms. The van der Waals surface area contributed by atoms with Crippen molar-refractivity contribution in [2.75, 3.05) is 7.05 Å². The van der Waals surface area contributed by atoms with E-state index in [0.29, 0.717) is 0 Å². The topological polar surface area (TPSA) is 37.4 Å². The van der Waals surface area contributed by atoms with Crippen molar-refractivity contribution in [1.82, 2.24) is 4.90 Å². The number of aryl methyl sites for hydroxylation is 1. The number of hydrogen-bond acceptors (Lipinski definition) is 2. The van der Waals surface area contributed by atoms with Gasteiger partial charge in [-0.15, -0.1) is 0 Å². The number of carbonyl (C=O) groups is 2. The van der Waals surface area contributed by atoms with Crippen molar-refractivity contribution >= 4 is 11.8 Å². The lowest BCUT2D eigenvalue weighted by atomic mass is 9.76. The summed E-state index contributed by atoms with van der Waals surface area (Å²) in [4.78, 5) is 25.2. The van der Waals surface area contributed by atoms with E-state index >= 15 is 0 Å². The van der Waals surface area contributed by atoms with Gasteiger partial charge in [0.1, 0.15) is 0 Å². The van der Waals surface area contributed by atoms with Crippen molar-refractivity contribution in [2.24, 2.45) is 5.92 Å². The molecule has 82 valence electrons. The molecule has 3 nitrogen and oxygen atoms in total. The number of imide groups is 1. The number of benzene rings is 1. The predicted molar refractivity (Wildman–Crippen MR) is 58.8 cm³/mol. The molecule has 1 aromatic rings. The van der Waals surface area contributed by atoms with Crippen LogP contribution in [-0.4, -0.2) is 23.8 Å². The monoisotopic (exact) mass is 215 g/mol. The van der Waals surface area contributed by atoms with E-state index in [4.69, 9.17) is 0 Å².